The summed E-state index contributed by atoms with van der Waals surface area (Å²) in [6.45, 7) is 0. The van der Waals surface area contributed by atoms with E-state index in [1.165, 1.54) is 4.52 Å². The molecule has 0 fully saturated rings. The second-order valence-electron chi connectivity index (χ2n) is 5.80. The predicted octanol–water partition coefficient (Wildman–Crippen LogP) is 2.96. The summed E-state index contributed by atoms with van der Waals surface area (Å²) in [7, 11) is 0. The second kappa shape index (κ2) is 7.23. The molecule has 8 heteroatoms. The molecule has 2 heterocycles. The van der Waals surface area contributed by atoms with E-state index in [1.807, 2.05) is 30.3 Å². The molecule has 0 N–H and O–H groups in total. The lowest BCUT2D eigenvalue weighted by Gasteiger charge is -1.99. The first kappa shape index (κ1) is 17.9. The van der Waals surface area contributed by atoms with E-state index in [0.29, 0.717) is 26.6 Å². The molecule has 2 aromatic heterocycles. The van der Waals surface area contributed by atoms with Crippen LogP contribution in [0.25, 0.3) is 11.0 Å². The Hall–Kier alpha value is -2.54. The number of thiazole rings is 1. The molecule has 0 amide bonds. The van der Waals surface area contributed by atoms with Gasteiger partial charge in [-0.25, -0.2) is 0 Å². The fourth-order valence-corrected chi connectivity index (χ4v) is 3.96. The summed E-state index contributed by atoms with van der Waals surface area (Å²) >= 11 is 13.2. The van der Waals surface area contributed by atoms with Gasteiger partial charge in [-0.3, -0.25) is 9.59 Å². The largest absolute Gasteiger partial charge is 0.296 e. The van der Waals surface area contributed by atoms with E-state index in [0.717, 1.165) is 16.9 Å². The number of aromatic nitrogens is 3. The summed E-state index contributed by atoms with van der Waals surface area (Å²) in [4.78, 5) is 29.2. The summed E-state index contributed by atoms with van der Waals surface area (Å²) in [5.74, 6) is 0. The van der Waals surface area contributed by atoms with Gasteiger partial charge in [0.15, 0.2) is 0 Å². The van der Waals surface area contributed by atoms with Crippen molar-refractivity contribution in [3.05, 3.63) is 101 Å². The smallest absolute Gasteiger partial charge is 0.266 e. The molecule has 0 unspecified atom stereocenters. The summed E-state index contributed by atoms with van der Waals surface area (Å²) in [5.41, 5.74) is 1.02. The number of fused-ring (bicyclic) bond motifs is 1. The van der Waals surface area contributed by atoms with Crippen LogP contribution in [0.3, 0.4) is 0 Å². The summed E-state index contributed by atoms with van der Waals surface area (Å²) in [6.07, 6.45) is 1.95. The zero-order chi connectivity index (χ0) is 19.0. The second-order valence-corrected chi connectivity index (χ2v) is 7.65. The van der Waals surface area contributed by atoms with Crippen LogP contribution in [-0.2, 0) is 6.42 Å². The summed E-state index contributed by atoms with van der Waals surface area (Å²) < 4.78 is 1.55. The Kier molecular flexibility index (Phi) is 4.78. The Morgan fingerprint density at radius 1 is 1.07 bits per heavy atom. The normalized spacial score (nSPS) is 12.0. The van der Waals surface area contributed by atoms with Crippen molar-refractivity contribution in [3.63, 3.8) is 0 Å². The van der Waals surface area contributed by atoms with Crippen LogP contribution in [0.1, 0.15) is 16.8 Å². The first-order valence-corrected chi connectivity index (χ1v) is 9.52. The maximum atomic E-state index is 12.7. The summed E-state index contributed by atoms with van der Waals surface area (Å²) in [6, 6.07) is 14.5. The molecule has 0 saturated heterocycles. The molecular weight excluding hydrogens is 405 g/mol. The van der Waals surface area contributed by atoms with Crippen molar-refractivity contribution in [2.24, 2.45) is 0 Å². The third kappa shape index (κ3) is 3.64. The molecule has 0 radical (unpaired) electrons. The Bertz CT molecular complexity index is 1320. The Labute approximate surface area is 167 Å². The minimum Gasteiger partial charge on any atom is -0.266 e. The van der Waals surface area contributed by atoms with E-state index in [4.69, 9.17) is 23.2 Å². The highest BCUT2D eigenvalue weighted by atomic mass is 35.5. The fourth-order valence-electron chi connectivity index (χ4n) is 2.60. The van der Waals surface area contributed by atoms with E-state index in [9.17, 15) is 9.59 Å². The summed E-state index contributed by atoms with van der Waals surface area (Å²) in [5, 5.41) is 5.17. The lowest BCUT2D eigenvalue weighted by molar-refractivity contribution is 0.811. The van der Waals surface area contributed by atoms with E-state index >= 15 is 0 Å². The van der Waals surface area contributed by atoms with Crippen LogP contribution in [-0.4, -0.2) is 14.6 Å². The van der Waals surface area contributed by atoms with E-state index in [-0.39, 0.29) is 16.2 Å². The van der Waals surface area contributed by atoms with Crippen molar-refractivity contribution in [1.29, 1.82) is 0 Å². The first-order chi connectivity index (χ1) is 13.0. The Balaban J connectivity index is 1.84. The van der Waals surface area contributed by atoms with Gasteiger partial charge < -0.3 is 0 Å². The van der Waals surface area contributed by atoms with Crippen LogP contribution in [0, 0.1) is 0 Å². The molecule has 0 aliphatic carbocycles. The van der Waals surface area contributed by atoms with Gasteiger partial charge in [0.2, 0.25) is 4.96 Å². The minimum absolute atomic E-state index is 0.227. The molecule has 0 aliphatic rings. The van der Waals surface area contributed by atoms with Crippen molar-refractivity contribution in [2.75, 3.05) is 0 Å². The molecule has 27 heavy (non-hydrogen) atoms. The molecule has 4 rings (SSSR count). The monoisotopic (exact) mass is 415 g/mol. The molecule has 0 bridgehead atoms. The maximum absolute atomic E-state index is 12.7. The van der Waals surface area contributed by atoms with E-state index in [2.05, 4.69) is 10.1 Å². The minimum atomic E-state index is -0.434. The van der Waals surface area contributed by atoms with Gasteiger partial charge in [0.1, 0.15) is 5.69 Å². The zero-order valence-corrected chi connectivity index (χ0v) is 16.1. The van der Waals surface area contributed by atoms with Gasteiger partial charge in [0.05, 0.1) is 4.53 Å². The van der Waals surface area contributed by atoms with Gasteiger partial charge in [-0.15, -0.1) is 0 Å². The van der Waals surface area contributed by atoms with Crippen LogP contribution >= 0.6 is 34.5 Å². The molecule has 0 aliphatic heterocycles. The van der Waals surface area contributed by atoms with Crippen molar-refractivity contribution < 1.29 is 0 Å². The van der Waals surface area contributed by atoms with Crippen LogP contribution < -0.4 is 15.7 Å². The molecule has 0 saturated carbocycles. The molecular formula is C19H11Cl2N3O2S. The zero-order valence-electron chi connectivity index (χ0n) is 13.7. The molecule has 5 nitrogen and oxygen atoms in total. The number of hydrogen-bond acceptors (Lipinski definition) is 5. The van der Waals surface area contributed by atoms with Crippen molar-refractivity contribution in [3.8, 4) is 0 Å². The standard InChI is InChI=1S/C19H11Cl2N3O2S/c20-13-7-6-12(14(21)10-13)9-16-18(26)24-19(27-16)22-17(25)15(23-24)8-11-4-2-1-3-5-11/h1-7,9-10H,8H2. The molecule has 0 spiro atoms. The fraction of sp³-hybridized carbons (Fsp3) is 0.0526. The lowest BCUT2D eigenvalue weighted by atomic mass is 10.1. The number of nitrogens with zero attached hydrogens (tertiary/aromatic N) is 3. The molecule has 134 valence electrons. The number of halogens is 2. The molecule has 4 aromatic rings. The third-order valence-corrected chi connectivity index (χ3v) is 5.44. The van der Waals surface area contributed by atoms with Crippen LogP contribution in [0.15, 0.2) is 58.1 Å². The average molecular weight is 416 g/mol. The lowest BCUT2D eigenvalue weighted by Crippen LogP contribution is -2.28. The maximum Gasteiger partial charge on any atom is 0.296 e. The number of rotatable bonds is 3. The van der Waals surface area contributed by atoms with Gasteiger partial charge in [-0.1, -0.05) is 70.9 Å². The van der Waals surface area contributed by atoms with Gasteiger partial charge in [0, 0.05) is 16.5 Å². The first-order valence-electron chi connectivity index (χ1n) is 7.95. The third-order valence-electron chi connectivity index (χ3n) is 3.91. The number of hydrogen-bond donors (Lipinski definition) is 0. The number of benzene rings is 2. The quantitative estimate of drug-likeness (QED) is 0.515. The molecule has 0 atom stereocenters. The Morgan fingerprint density at radius 2 is 1.85 bits per heavy atom. The van der Waals surface area contributed by atoms with Crippen LogP contribution in [0.2, 0.25) is 10.0 Å². The van der Waals surface area contributed by atoms with Gasteiger partial charge in [-0.2, -0.15) is 14.6 Å². The van der Waals surface area contributed by atoms with Crippen LogP contribution in [0.4, 0.5) is 0 Å². The van der Waals surface area contributed by atoms with Crippen molar-refractivity contribution in [2.45, 2.75) is 6.42 Å². The molecule has 2 aromatic carbocycles. The van der Waals surface area contributed by atoms with E-state index < -0.39 is 5.56 Å². The highest BCUT2D eigenvalue weighted by Gasteiger charge is 2.12. The topological polar surface area (TPSA) is 64.3 Å². The van der Waals surface area contributed by atoms with Gasteiger partial charge in [0.25, 0.3) is 11.1 Å². The Morgan fingerprint density at radius 3 is 2.59 bits per heavy atom. The van der Waals surface area contributed by atoms with Crippen molar-refractivity contribution in [1.82, 2.24) is 14.6 Å². The SMILES string of the molecule is O=c1nc2sc(=Cc3ccc(Cl)cc3Cl)c(=O)n2nc1Cc1ccccc1. The average Bonchev–Trinajstić information content (AvgIpc) is 2.94. The highest BCUT2D eigenvalue weighted by Crippen LogP contribution is 2.21. The highest BCUT2D eigenvalue weighted by molar-refractivity contribution is 7.15. The predicted molar refractivity (Wildman–Crippen MR) is 108 cm³/mol. The van der Waals surface area contributed by atoms with Crippen LogP contribution in [0.5, 0.6) is 0 Å². The van der Waals surface area contributed by atoms with Gasteiger partial charge >= 0.3 is 0 Å². The van der Waals surface area contributed by atoms with Gasteiger partial charge in [-0.05, 0) is 29.3 Å². The van der Waals surface area contributed by atoms with Crippen molar-refractivity contribution >= 4 is 45.6 Å². The van der Waals surface area contributed by atoms with E-state index in [1.54, 1.807) is 24.3 Å².